The van der Waals surface area contributed by atoms with Gasteiger partial charge in [-0.15, -0.1) is 0 Å². The predicted octanol–water partition coefficient (Wildman–Crippen LogP) is 2.89. The summed E-state index contributed by atoms with van der Waals surface area (Å²) >= 11 is 0. The van der Waals surface area contributed by atoms with E-state index in [1.54, 1.807) is 12.1 Å². The number of hydrogen-bond acceptors (Lipinski definition) is 6. The highest BCUT2D eigenvalue weighted by atomic mass is 19.1. The summed E-state index contributed by atoms with van der Waals surface area (Å²) in [5, 5.41) is 14.0. The molecule has 1 unspecified atom stereocenters. The number of carbonyl (C=O) groups excluding carboxylic acids is 1. The number of nitro benzene ring substituents is 1. The van der Waals surface area contributed by atoms with Crippen molar-refractivity contribution in [3.05, 3.63) is 69.5 Å². The predicted molar refractivity (Wildman–Crippen MR) is 104 cm³/mol. The number of hydrogen-bond donors (Lipinski definition) is 1. The Morgan fingerprint density at radius 2 is 2.03 bits per heavy atom. The molecule has 0 spiro atoms. The second-order valence-electron chi connectivity index (χ2n) is 6.63. The zero-order chi connectivity index (χ0) is 21.0. The van der Waals surface area contributed by atoms with Gasteiger partial charge in [-0.3, -0.25) is 14.9 Å². The van der Waals surface area contributed by atoms with Crippen LogP contribution in [0, 0.1) is 15.9 Å². The van der Waals surface area contributed by atoms with Crippen LogP contribution in [0.4, 0.5) is 10.1 Å². The van der Waals surface area contributed by atoms with E-state index in [4.69, 9.17) is 9.47 Å². The number of benzene rings is 2. The van der Waals surface area contributed by atoms with Gasteiger partial charge in [0.2, 0.25) is 12.7 Å². The zero-order valence-electron chi connectivity index (χ0n) is 15.9. The van der Waals surface area contributed by atoms with Crippen LogP contribution in [-0.4, -0.2) is 43.2 Å². The quantitative estimate of drug-likeness (QED) is 0.436. The first-order chi connectivity index (χ1) is 13.8. The fourth-order valence-electron chi connectivity index (χ4n) is 2.97. The molecule has 29 heavy (non-hydrogen) atoms. The molecule has 0 aromatic heterocycles. The Bertz CT molecular complexity index is 961. The van der Waals surface area contributed by atoms with Crippen molar-refractivity contribution >= 4 is 17.7 Å². The lowest BCUT2D eigenvalue weighted by Gasteiger charge is -2.24. The Kier molecular flexibility index (Phi) is 6.08. The first-order valence-corrected chi connectivity index (χ1v) is 8.81. The molecule has 0 saturated heterocycles. The van der Waals surface area contributed by atoms with Gasteiger partial charge in [0.15, 0.2) is 11.5 Å². The van der Waals surface area contributed by atoms with Gasteiger partial charge in [0, 0.05) is 12.6 Å². The molecule has 2 aromatic rings. The van der Waals surface area contributed by atoms with Gasteiger partial charge >= 0.3 is 0 Å². The Morgan fingerprint density at radius 3 is 2.69 bits per heavy atom. The summed E-state index contributed by atoms with van der Waals surface area (Å²) in [6.45, 7) is 0.231. The fraction of sp³-hybridized carbons (Fsp3) is 0.250. The summed E-state index contributed by atoms with van der Waals surface area (Å²) in [4.78, 5) is 24.8. The molecule has 152 valence electrons. The molecule has 0 radical (unpaired) electrons. The number of likely N-dealkylation sites (N-methyl/N-ethyl adjacent to an activating group) is 1. The van der Waals surface area contributed by atoms with E-state index in [1.165, 1.54) is 36.4 Å². The van der Waals surface area contributed by atoms with E-state index in [-0.39, 0.29) is 36.4 Å². The van der Waals surface area contributed by atoms with Crippen LogP contribution in [0.25, 0.3) is 6.08 Å². The van der Waals surface area contributed by atoms with E-state index in [0.717, 1.165) is 5.56 Å². The largest absolute Gasteiger partial charge is 0.454 e. The summed E-state index contributed by atoms with van der Waals surface area (Å²) in [5.74, 6) is -0.104. The highest BCUT2D eigenvalue weighted by Crippen LogP contribution is 2.38. The maximum atomic E-state index is 13.5. The molecule has 1 amide bonds. The standard InChI is InChI=1S/C20H20FN3O5/c1-23(2)17(13-4-3-5-15(21)8-13)11-22-20(25)7-6-14-9-18-19(29-12-28-18)10-16(14)24(26)27/h3-10,17H,11-12H2,1-2H3,(H,22,25)/b7-6+. The summed E-state index contributed by atoms with van der Waals surface area (Å²) in [6.07, 6.45) is 2.56. The average Bonchev–Trinajstić information content (AvgIpc) is 3.13. The van der Waals surface area contributed by atoms with Gasteiger partial charge in [-0.05, 0) is 43.9 Å². The van der Waals surface area contributed by atoms with Crippen molar-refractivity contribution in [1.82, 2.24) is 10.2 Å². The molecule has 0 fully saturated rings. The third-order valence-corrected chi connectivity index (χ3v) is 4.46. The number of carbonyl (C=O) groups is 1. The highest BCUT2D eigenvalue weighted by Gasteiger charge is 2.22. The Labute approximate surface area is 166 Å². The van der Waals surface area contributed by atoms with E-state index in [0.29, 0.717) is 11.5 Å². The first-order valence-electron chi connectivity index (χ1n) is 8.81. The molecule has 9 heteroatoms. The Balaban J connectivity index is 1.70. The van der Waals surface area contributed by atoms with Gasteiger partial charge in [0.1, 0.15) is 5.82 Å². The van der Waals surface area contributed by atoms with Crippen molar-refractivity contribution in [1.29, 1.82) is 0 Å². The number of amides is 1. The maximum Gasteiger partial charge on any atom is 0.280 e. The monoisotopic (exact) mass is 401 g/mol. The molecule has 0 saturated carbocycles. The van der Waals surface area contributed by atoms with E-state index in [2.05, 4.69) is 5.32 Å². The minimum absolute atomic E-state index is 0.00779. The molecule has 3 rings (SSSR count). The second-order valence-corrected chi connectivity index (χ2v) is 6.63. The van der Waals surface area contributed by atoms with Gasteiger partial charge in [-0.25, -0.2) is 4.39 Å². The van der Waals surface area contributed by atoms with Crippen molar-refractivity contribution in [2.45, 2.75) is 6.04 Å². The lowest BCUT2D eigenvalue weighted by atomic mass is 10.1. The maximum absolute atomic E-state index is 13.5. The molecule has 1 N–H and O–H groups in total. The van der Waals surface area contributed by atoms with Crippen molar-refractivity contribution in [3.8, 4) is 11.5 Å². The smallest absolute Gasteiger partial charge is 0.280 e. The highest BCUT2D eigenvalue weighted by molar-refractivity contribution is 5.92. The van der Waals surface area contributed by atoms with Crippen molar-refractivity contribution < 1.29 is 23.6 Å². The van der Waals surface area contributed by atoms with Crippen molar-refractivity contribution in [2.75, 3.05) is 27.4 Å². The molecule has 8 nitrogen and oxygen atoms in total. The SMILES string of the molecule is CN(C)C(CNC(=O)/C=C/c1cc2c(cc1[N+](=O)[O-])OCO2)c1cccc(F)c1. The first kappa shape index (κ1) is 20.3. The third kappa shape index (κ3) is 4.88. The normalized spacial score (nSPS) is 13.7. The van der Waals surface area contributed by atoms with Crippen LogP contribution in [0.5, 0.6) is 11.5 Å². The number of halogens is 1. The second kappa shape index (κ2) is 8.70. The van der Waals surface area contributed by atoms with Gasteiger partial charge < -0.3 is 19.7 Å². The van der Waals surface area contributed by atoms with Crippen LogP contribution < -0.4 is 14.8 Å². The van der Waals surface area contributed by atoms with E-state index < -0.39 is 10.8 Å². The average molecular weight is 401 g/mol. The Hall–Kier alpha value is -3.46. The molecular formula is C20H20FN3O5. The molecule has 1 heterocycles. The number of nitro groups is 1. The number of ether oxygens (including phenoxy) is 2. The van der Waals surface area contributed by atoms with Crippen LogP contribution in [0.3, 0.4) is 0 Å². The van der Waals surface area contributed by atoms with Crippen LogP contribution >= 0.6 is 0 Å². The van der Waals surface area contributed by atoms with Crippen LogP contribution in [0.1, 0.15) is 17.2 Å². The summed E-state index contributed by atoms with van der Waals surface area (Å²) in [5.41, 5.74) is 0.763. The molecule has 1 aliphatic heterocycles. The Morgan fingerprint density at radius 1 is 1.31 bits per heavy atom. The number of nitrogens with zero attached hydrogens (tertiary/aromatic N) is 2. The van der Waals surface area contributed by atoms with Gasteiger partial charge in [0.05, 0.1) is 22.6 Å². The molecule has 1 atom stereocenters. The van der Waals surface area contributed by atoms with Gasteiger partial charge in [-0.1, -0.05) is 12.1 Å². The fourth-order valence-corrected chi connectivity index (χ4v) is 2.97. The number of rotatable bonds is 7. The molecular weight excluding hydrogens is 381 g/mol. The summed E-state index contributed by atoms with van der Waals surface area (Å²) in [7, 11) is 3.65. The van der Waals surface area contributed by atoms with Gasteiger partial charge in [-0.2, -0.15) is 0 Å². The zero-order valence-corrected chi connectivity index (χ0v) is 15.9. The lowest BCUT2D eigenvalue weighted by molar-refractivity contribution is -0.385. The molecule has 0 aliphatic carbocycles. The third-order valence-electron chi connectivity index (χ3n) is 4.46. The summed E-state index contributed by atoms with van der Waals surface area (Å²) < 4.78 is 23.9. The minimum atomic E-state index is -0.550. The topological polar surface area (TPSA) is 93.9 Å². The number of fused-ring (bicyclic) bond motifs is 1. The van der Waals surface area contributed by atoms with Crippen LogP contribution in [0.15, 0.2) is 42.5 Å². The van der Waals surface area contributed by atoms with E-state index >= 15 is 0 Å². The van der Waals surface area contributed by atoms with E-state index in [1.807, 2.05) is 19.0 Å². The lowest BCUT2D eigenvalue weighted by Crippen LogP contribution is -2.33. The van der Waals surface area contributed by atoms with E-state index in [9.17, 15) is 19.3 Å². The summed E-state index contributed by atoms with van der Waals surface area (Å²) in [6, 6.07) is 8.67. The van der Waals surface area contributed by atoms with Crippen LogP contribution in [0.2, 0.25) is 0 Å². The number of nitrogens with one attached hydrogen (secondary N) is 1. The molecule has 1 aliphatic rings. The van der Waals surface area contributed by atoms with Crippen molar-refractivity contribution in [3.63, 3.8) is 0 Å². The van der Waals surface area contributed by atoms with Gasteiger partial charge in [0.25, 0.3) is 5.69 Å². The molecule has 2 aromatic carbocycles. The van der Waals surface area contributed by atoms with Crippen LogP contribution in [-0.2, 0) is 4.79 Å². The van der Waals surface area contributed by atoms with Crippen molar-refractivity contribution in [2.24, 2.45) is 0 Å². The molecule has 0 bridgehead atoms. The minimum Gasteiger partial charge on any atom is -0.454 e.